The number of pyridine rings is 1. The van der Waals surface area contributed by atoms with Gasteiger partial charge in [-0.2, -0.15) is 5.26 Å². The van der Waals surface area contributed by atoms with Crippen molar-refractivity contribution in [1.29, 1.82) is 5.26 Å². The third-order valence-corrected chi connectivity index (χ3v) is 2.81. The summed E-state index contributed by atoms with van der Waals surface area (Å²) in [6.07, 6.45) is 0.585. The molecule has 2 nitrogen and oxygen atoms in total. The molecule has 0 aliphatic rings. The molecule has 0 bridgehead atoms. The van der Waals surface area contributed by atoms with Gasteiger partial charge in [0.15, 0.2) is 0 Å². The molecule has 2 rings (SSSR count). The van der Waals surface area contributed by atoms with E-state index in [1.54, 1.807) is 6.07 Å². The van der Waals surface area contributed by atoms with Crippen molar-refractivity contribution in [3.8, 4) is 6.07 Å². The first-order chi connectivity index (χ1) is 8.10. The Bertz CT molecular complexity index is 604. The summed E-state index contributed by atoms with van der Waals surface area (Å²) in [6.45, 7) is 1.84. The van der Waals surface area contributed by atoms with E-state index in [-0.39, 0.29) is 10.9 Å². The summed E-state index contributed by atoms with van der Waals surface area (Å²) in [6, 6.07) is 8.63. The van der Waals surface area contributed by atoms with Crippen LogP contribution in [0.2, 0.25) is 5.02 Å². The van der Waals surface area contributed by atoms with Gasteiger partial charge in [-0.05, 0) is 25.1 Å². The molecule has 1 heterocycles. The highest BCUT2D eigenvalue weighted by Crippen LogP contribution is 2.22. The fourth-order valence-corrected chi connectivity index (χ4v) is 1.79. The largest absolute Gasteiger partial charge is 0.253 e. The molecule has 0 N–H and O–H groups in total. The molecule has 0 aliphatic heterocycles. The van der Waals surface area contributed by atoms with Crippen molar-refractivity contribution < 1.29 is 4.39 Å². The number of rotatable bonds is 2. The van der Waals surface area contributed by atoms with Crippen LogP contribution in [0.1, 0.15) is 12.6 Å². The Balaban J connectivity index is 2.44. The zero-order chi connectivity index (χ0) is 12.4. The molecule has 0 fully saturated rings. The Morgan fingerprint density at radius 1 is 1.47 bits per heavy atom. The maximum atomic E-state index is 13.2. The Labute approximate surface area is 104 Å². The number of benzene rings is 1. The van der Waals surface area contributed by atoms with Gasteiger partial charge < -0.3 is 0 Å². The average molecular weight is 249 g/mol. The molecule has 17 heavy (non-hydrogen) atoms. The van der Waals surface area contributed by atoms with Crippen LogP contribution in [0.3, 0.4) is 0 Å². The lowest BCUT2D eigenvalue weighted by Gasteiger charge is -2.05. The smallest absolute Gasteiger partial charge is 0.142 e. The molecule has 1 aromatic carbocycles. The summed E-state index contributed by atoms with van der Waals surface area (Å²) in [5.74, 6) is -0.532. The molecule has 0 spiro atoms. The predicted octanol–water partition coefficient (Wildman–Crippen LogP) is 3.73. The number of hydrogen-bond acceptors (Lipinski definition) is 2. The highest BCUT2D eigenvalue weighted by Gasteiger charge is 2.07. The highest BCUT2D eigenvalue weighted by atomic mass is 35.5. The number of aromatic nitrogens is 1. The van der Waals surface area contributed by atoms with Crippen LogP contribution in [0.15, 0.2) is 24.3 Å². The second-order valence-electron chi connectivity index (χ2n) is 4.00. The molecule has 4 heteroatoms. The fourth-order valence-electron chi connectivity index (χ4n) is 1.63. The summed E-state index contributed by atoms with van der Waals surface area (Å²) < 4.78 is 13.2. The monoisotopic (exact) mass is 248 g/mol. The third kappa shape index (κ3) is 2.54. The van der Waals surface area contributed by atoms with Crippen LogP contribution in [-0.2, 0) is 6.42 Å². The van der Waals surface area contributed by atoms with Gasteiger partial charge in [0.1, 0.15) is 5.82 Å². The predicted molar refractivity (Wildman–Crippen MR) is 65.2 cm³/mol. The lowest BCUT2D eigenvalue weighted by Crippen LogP contribution is -1.99. The van der Waals surface area contributed by atoms with Crippen LogP contribution in [0.4, 0.5) is 4.39 Å². The molecule has 0 saturated carbocycles. The van der Waals surface area contributed by atoms with Crippen LogP contribution in [0.25, 0.3) is 10.9 Å². The van der Waals surface area contributed by atoms with E-state index in [2.05, 4.69) is 11.1 Å². The zero-order valence-electron chi connectivity index (χ0n) is 9.24. The summed E-state index contributed by atoms with van der Waals surface area (Å²) >= 11 is 5.71. The lowest BCUT2D eigenvalue weighted by molar-refractivity contribution is 0.630. The van der Waals surface area contributed by atoms with E-state index >= 15 is 0 Å². The van der Waals surface area contributed by atoms with Crippen molar-refractivity contribution in [2.45, 2.75) is 13.3 Å². The molecule has 2 aromatic rings. The van der Waals surface area contributed by atoms with Gasteiger partial charge in [-0.25, -0.2) is 4.39 Å². The van der Waals surface area contributed by atoms with Crippen LogP contribution < -0.4 is 0 Å². The minimum Gasteiger partial charge on any atom is -0.253 e. The minimum atomic E-state index is -0.445. The van der Waals surface area contributed by atoms with Gasteiger partial charge in [0.25, 0.3) is 0 Å². The Morgan fingerprint density at radius 3 is 2.94 bits per heavy atom. The topological polar surface area (TPSA) is 36.7 Å². The van der Waals surface area contributed by atoms with Gasteiger partial charge in [-0.1, -0.05) is 17.7 Å². The molecule has 1 aromatic heterocycles. The van der Waals surface area contributed by atoms with Crippen molar-refractivity contribution in [2.75, 3.05) is 0 Å². The summed E-state index contributed by atoms with van der Waals surface area (Å²) in [5.41, 5.74) is 1.47. The maximum Gasteiger partial charge on any atom is 0.142 e. The molecule has 0 amide bonds. The molecule has 0 radical (unpaired) electrons. The van der Waals surface area contributed by atoms with Gasteiger partial charge >= 0.3 is 0 Å². The van der Waals surface area contributed by atoms with Gasteiger partial charge in [0.05, 0.1) is 16.6 Å². The highest BCUT2D eigenvalue weighted by molar-refractivity contribution is 6.31. The van der Waals surface area contributed by atoms with Crippen LogP contribution in [0, 0.1) is 23.1 Å². The van der Waals surface area contributed by atoms with Crippen LogP contribution >= 0.6 is 11.6 Å². The Hall–Kier alpha value is -1.66. The summed E-state index contributed by atoms with van der Waals surface area (Å²) in [7, 11) is 0. The van der Waals surface area contributed by atoms with Crippen molar-refractivity contribution >= 4 is 22.5 Å². The SMILES string of the molecule is CC(C#N)Cc1ccc2cc(F)c(Cl)cc2n1. The number of halogens is 2. The fraction of sp³-hybridized carbons (Fsp3) is 0.231. The second-order valence-corrected chi connectivity index (χ2v) is 4.40. The maximum absolute atomic E-state index is 13.2. The summed E-state index contributed by atoms with van der Waals surface area (Å²) in [5, 5.41) is 9.52. The molecular formula is C13H10ClFN2. The van der Waals surface area contributed by atoms with E-state index in [0.717, 1.165) is 5.69 Å². The van der Waals surface area contributed by atoms with E-state index in [1.807, 2.05) is 13.0 Å². The van der Waals surface area contributed by atoms with E-state index in [0.29, 0.717) is 17.3 Å². The quantitative estimate of drug-likeness (QED) is 0.812. The van der Waals surface area contributed by atoms with Crippen molar-refractivity contribution in [2.24, 2.45) is 5.92 Å². The van der Waals surface area contributed by atoms with E-state index in [1.165, 1.54) is 12.1 Å². The molecular weight excluding hydrogens is 239 g/mol. The van der Waals surface area contributed by atoms with Crippen LogP contribution in [0.5, 0.6) is 0 Å². The van der Waals surface area contributed by atoms with Crippen molar-refractivity contribution in [3.05, 3.63) is 40.8 Å². The van der Waals surface area contributed by atoms with E-state index in [9.17, 15) is 4.39 Å². The van der Waals surface area contributed by atoms with Crippen molar-refractivity contribution in [1.82, 2.24) is 4.98 Å². The summed E-state index contributed by atoms with van der Waals surface area (Å²) in [4.78, 5) is 4.36. The third-order valence-electron chi connectivity index (χ3n) is 2.52. The number of hydrogen-bond donors (Lipinski definition) is 0. The number of nitriles is 1. The first-order valence-electron chi connectivity index (χ1n) is 5.24. The van der Waals surface area contributed by atoms with Gasteiger partial charge in [0, 0.05) is 23.4 Å². The molecule has 0 saturated heterocycles. The Morgan fingerprint density at radius 2 is 2.24 bits per heavy atom. The van der Waals surface area contributed by atoms with Gasteiger partial charge in [-0.3, -0.25) is 4.98 Å². The van der Waals surface area contributed by atoms with E-state index < -0.39 is 5.82 Å². The van der Waals surface area contributed by atoms with E-state index in [4.69, 9.17) is 16.9 Å². The normalized spacial score (nSPS) is 12.4. The molecule has 0 aliphatic carbocycles. The standard InChI is InChI=1S/C13H10ClFN2/c1-8(7-16)4-10-3-2-9-5-12(15)11(14)6-13(9)17-10/h2-3,5-6,8H,4H2,1H3. The first kappa shape index (κ1) is 11.8. The van der Waals surface area contributed by atoms with Gasteiger partial charge in [0.2, 0.25) is 0 Å². The molecule has 86 valence electrons. The molecule has 1 unspecified atom stereocenters. The first-order valence-corrected chi connectivity index (χ1v) is 5.62. The average Bonchev–Trinajstić information content (AvgIpc) is 2.31. The van der Waals surface area contributed by atoms with Crippen LogP contribution in [-0.4, -0.2) is 4.98 Å². The second kappa shape index (κ2) is 4.68. The Kier molecular flexibility index (Phi) is 3.26. The van der Waals surface area contributed by atoms with Crippen molar-refractivity contribution in [3.63, 3.8) is 0 Å². The lowest BCUT2D eigenvalue weighted by atomic mass is 10.1. The van der Waals surface area contributed by atoms with Gasteiger partial charge in [-0.15, -0.1) is 0 Å². The number of fused-ring (bicyclic) bond motifs is 1. The minimum absolute atomic E-state index is 0.0653. The number of nitrogens with zero attached hydrogens (tertiary/aromatic N) is 2. The zero-order valence-corrected chi connectivity index (χ0v) is 10.0. The molecule has 1 atom stereocenters.